The second-order valence-corrected chi connectivity index (χ2v) is 5.98. The molecule has 2 aliphatic rings. The van der Waals surface area contributed by atoms with Gasteiger partial charge in [0.15, 0.2) is 0 Å². The first-order valence-electron chi connectivity index (χ1n) is 7.37. The first-order valence-corrected chi connectivity index (χ1v) is 7.37. The Hall–Kier alpha value is -1.44. The molecule has 1 saturated carbocycles. The standard InChI is InChI=1S/C16H20FN3/c17-16-8-14(10-18)7-15(9-16)12-20-5-3-19(4-6-20)11-13-1-2-13/h7-9,13H,1-6,11-12H2. The van der Waals surface area contributed by atoms with Gasteiger partial charge in [-0.3, -0.25) is 4.90 Å². The van der Waals surface area contributed by atoms with E-state index in [1.54, 1.807) is 6.07 Å². The van der Waals surface area contributed by atoms with E-state index < -0.39 is 0 Å². The molecular formula is C16H20FN3. The van der Waals surface area contributed by atoms with Crippen LogP contribution < -0.4 is 0 Å². The Morgan fingerprint density at radius 3 is 2.45 bits per heavy atom. The molecule has 0 radical (unpaired) electrons. The lowest BCUT2D eigenvalue weighted by atomic mass is 10.1. The SMILES string of the molecule is N#Cc1cc(F)cc(CN2CCN(CC3CC3)CC2)c1. The van der Waals surface area contributed by atoms with E-state index in [4.69, 9.17) is 5.26 Å². The second kappa shape index (κ2) is 5.90. The summed E-state index contributed by atoms with van der Waals surface area (Å²) in [5.41, 5.74) is 1.31. The molecule has 3 rings (SSSR count). The highest BCUT2D eigenvalue weighted by atomic mass is 19.1. The van der Waals surface area contributed by atoms with Crippen LogP contribution >= 0.6 is 0 Å². The predicted molar refractivity (Wildman–Crippen MR) is 75.6 cm³/mol. The third-order valence-corrected chi connectivity index (χ3v) is 4.17. The van der Waals surface area contributed by atoms with Crippen LogP contribution in [-0.2, 0) is 6.54 Å². The fourth-order valence-corrected chi connectivity index (χ4v) is 2.86. The minimum atomic E-state index is -0.314. The van der Waals surface area contributed by atoms with E-state index in [0.717, 1.165) is 44.2 Å². The van der Waals surface area contributed by atoms with Crippen molar-refractivity contribution in [2.24, 2.45) is 5.92 Å². The summed E-state index contributed by atoms with van der Waals surface area (Å²) in [6.45, 7) is 6.28. The van der Waals surface area contributed by atoms with Gasteiger partial charge in [0.25, 0.3) is 0 Å². The molecule has 0 aromatic heterocycles. The molecule has 4 heteroatoms. The number of hydrogen-bond donors (Lipinski definition) is 0. The lowest BCUT2D eigenvalue weighted by Crippen LogP contribution is -2.46. The maximum atomic E-state index is 13.4. The quantitative estimate of drug-likeness (QED) is 0.842. The molecule has 0 N–H and O–H groups in total. The number of halogens is 1. The third kappa shape index (κ3) is 3.56. The maximum absolute atomic E-state index is 13.4. The van der Waals surface area contributed by atoms with Crippen molar-refractivity contribution in [3.63, 3.8) is 0 Å². The number of benzene rings is 1. The summed E-state index contributed by atoms with van der Waals surface area (Å²) in [4.78, 5) is 4.89. The van der Waals surface area contributed by atoms with Gasteiger partial charge in [-0.25, -0.2) is 4.39 Å². The molecule has 1 heterocycles. The van der Waals surface area contributed by atoms with E-state index in [2.05, 4.69) is 9.80 Å². The first-order chi connectivity index (χ1) is 9.72. The van der Waals surface area contributed by atoms with Crippen LogP contribution in [-0.4, -0.2) is 42.5 Å². The molecule has 0 bridgehead atoms. The summed E-state index contributed by atoms with van der Waals surface area (Å²) < 4.78 is 13.4. The van der Waals surface area contributed by atoms with E-state index in [0.29, 0.717) is 5.56 Å². The van der Waals surface area contributed by atoms with Gasteiger partial charge in [-0.05, 0) is 42.5 Å². The van der Waals surface area contributed by atoms with Crippen molar-refractivity contribution in [2.45, 2.75) is 19.4 Å². The molecule has 0 amide bonds. The molecule has 1 aliphatic carbocycles. The molecule has 106 valence electrons. The molecule has 1 aromatic rings. The van der Waals surface area contributed by atoms with Crippen molar-refractivity contribution in [2.75, 3.05) is 32.7 Å². The van der Waals surface area contributed by atoms with Gasteiger partial charge in [0, 0.05) is 39.3 Å². The second-order valence-electron chi connectivity index (χ2n) is 5.98. The molecule has 1 aromatic carbocycles. The molecule has 0 unspecified atom stereocenters. The van der Waals surface area contributed by atoms with Gasteiger partial charge < -0.3 is 4.90 Å². The Balaban J connectivity index is 1.53. The Labute approximate surface area is 119 Å². The van der Waals surface area contributed by atoms with Gasteiger partial charge in [0.2, 0.25) is 0 Å². The lowest BCUT2D eigenvalue weighted by molar-refractivity contribution is 0.123. The van der Waals surface area contributed by atoms with Crippen LogP contribution in [0.25, 0.3) is 0 Å². The molecule has 0 spiro atoms. The van der Waals surface area contributed by atoms with Crippen LogP contribution in [0.1, 0.15) is 24.0 Å². The van der Waals surface area contributed by atoms with Gasteiger partial charge in [0.05, 0.1) is 11.6 Å². The van der Waals surface area contributed by atoms with Crippen molar-refractivity contribution in [3.05, 3.63) is 35.1 Å². The predicted octanol–water partition coefficient (Wildman–Crippen LogP) is 2.22. The van der Waals surface area contributed by atoms with Gasteiger partial charge in [-0.15, -0.1) is 0 Å². The summed E-state index contributed by atoms with van der Waals surface area (Å²) >= 11 is 0. The van der Waals surface area contributed by atoms with Crippen LogP contribution in [0.4, 0.5) is 4.39 Å². The molecule has 0 atom stereocenters. The third-order valence-electron chi connectivity index (χ3n) is 4.17. The largest absolute Gasteiger partial charge is 0.301 e. The van der Waals surface area contributed by atoms with Crippen molar-refractivity contribution in [3.8, 4) is 6.07 Å². The minimum absolute atomic E-state index is 0.314. The average molecular weight is 273 g/mol. The number of rotatable bonds is 4. The topological polar surface area (TPSA) is 30.3 Å². The van der Waals surface area contributed by atoms with E-state index in [-0.39, 0.29) is 5.82 Å². The highest BCUT2D eigenvalue weighted by molar-refractivity contribution is 5.33. The fourth-order valence-electron chi connectivity index (χ4n) is 2.86. The van der Waals surface area contributed by atoms with Crippen LogP contribution in [0.15, 0.2) is 18.2 Å². The number of hydrogen-bond acceptors (Lipinski definition) is 3. The monoisotopic (exact) mass is 273 g/mol. The van der Waals surface area contributed by atoms with Gasteiger partial charge in [-0.1, -0.05) is 0 Å². The van der Waals surface area contributed by atoms with Gasteiger partial charge in [-0.2, -0.15) is 5.26 Å². The summed E-state index contributed by atoms with van der Waals surface area (Å²) in [5.74, 6) is 0.634. The Morgan fingerprint density at radius 2 is 1.80 bits per heavy atom. The lowest BCUT2D eigenvalue weighted by Gasteiger charge is -2.34. The first kappa shape index (κ1) is 13.5. The summed E-state index contributed by atoms with van der Waals surface area (Å²) in [6.07, 6.45) is 2.81. The molecule has 1 aliphatic heterocycles. The Bertz CT molecular complexity index is 511. The van der Waals surface area contributed by atoms with Crippen LogP contribution in [0.3, 0.4) is 0 Å². The Morgan fingerprint density at radius 1 is 1.10 bits per heavy atom. The summed E-state index contributed by atoms with van der Waals surface area (Å²) in [7, 11) is 0. The highest BCUT2D eigenvalue weighted by Gasteiger charge is 2.26. The van der Waals surface area contributed by atoms with E-state index in [1.807, 2.05) is 6.07 Å². The number of nitrogens with zero attached hydrogens (tertiary/aromatic N) is 3. The summed E-state index contributed by atoms with van der Waals surface area (Å²) in [6, 6.07) is 6.63. The average Bonchev–Trinajstić information content (AvgIpc) is 3.24. The van der Waals surface area contributed by atoms with E-state index in [9.17, 15) is 4.39 Å². The molecule has 2 fully saturated rings. The smallest absolute Gasteiger partial charge is 0.124 e. The van der Waals surface area contributed by atoms with Gasteiger partial charge in [0.1, 0.15) is 5.82 Å². The number of nitriles is 1. The van der Waals surface area contributed by atoms with Gasteiger partial charge >= 0.3 is 0 Å². The molecular weight excluding hydrogens is 253 g/mol. The Kier molecular flexibility index (Phi) is 4.00. The molecule has 1 saturated heterocycles. The fraction of sp³-hybridized carbons (Fsp3) is 0.562. The molecule has 20 heavy (non-hydrogen) atoms. The highest BCUT2D eigenvalue weighted by Crippen LogP contribution is 2.30. The molecule has 3 nitrogen and oxygen atoms in total. The summed E-state index contributed by atoms with van der Waals surface area (Å²) in [5, 5.41) is 8.88. The van der Waals surface area contributed by atoms with Crippen molar-refractivity contribution in [1.29, 1.82) is 5.26 Å². The maximum Gasteiger partial charge on any atom is 0.124 e. The van der Waals surface area contributed by atoms with Crippen molar-refractivity contribution >= 4 is 0 Å². The zero-order chi connectivity index (χ0) is 13.9. The van der Waals surface area contributed by atoms with Crippen molar-refractivity contribution in [1.82, 2.24) is 9.80 Å². The normalized spacial score (nSPS) is 20.8. The van der Waals surface area contributed by atoms with Crippen LogP contribution in [0.2, 0.25) is 0 Å². The number of piperazine rings is 1. The minimum Gasteiger partial charge on any atom is -0.301 e. The van der Waals surface area contributed by atoms with Crippen LogP contribution in [0.5, 0.6) is 0 Å². The zero-order valence-corrected chi connectivity index (χ0v) is 11.7. The van der Waals surface area contributed by atoms with Crippen molar-refractivity contribution < 1.29 is 4.39 Å². The van der Waals surface area contributed by atoms with E-state index in [1.165, 1.54) is 31.5 Å². The zero-order valence-electron chi connectivity index (χ0n) is 11.7. The van der Waals surface area contributed by atoms with E-state index >= 15 is 0 Å². The van der Waals surface area contributed by atoms with Crippen LogP contribution in [0, 0.1) is 23.1 Å².